The van der Waals surface area contributed by atoms with E-state index < -0.39 is 0 Å². The second-order valence-corrected chi connectivity index (χ2v) is 8.96. The molecular weight excluding hydrogens is 246 g/mol. The highest BCUT2D eigenvalue weighted by atomic mass is 32.2. The van der Waals surface area contributed by atoms with Crippen LogP contribution in [0, 0.1) is 5.41 Å². The maximum absolute atomic E-state index is 11.7. The number of ether oxygens (including phenoxy) is 1. The Morgan fingerprint density at radius 2 is 1.83 bits per heavy atom. The molecular formula is C14H31NO2S. The third kappa shape index (κ3) is 10.8. The van der Waals surface area contributed by atoms with Crippen molar-refractivity contribution in [1.82, 2.24) is 4.90 Å². The number of amides is 1. The summed E-state index contributed by atoms with van der Waals surface area (Å²) >= 11 is 0. The van der Waals surface area contributed by atoms with E-state index in [0.29, 0.717) is 12.0 Å². The van der Waals surface area contributed by atoms with Gasteiger partial charge in [0.05, 0.1) is 6.61 Å². The summed E-state index contributed by atoms with van der Waals surface area (Å²) in [5.74, 6) is 1.18. The summed E-state index contributed by atoms with van der Waals surface area (Å²) < 4.78 is 5.23. The van der Waals surface area contributed by atoms with Crippen LogP contribution in [0.15, 0.2) is 0 Å². The van der Waals surface area contributed by atoms with Crippen LogP contribution in [0.3, 0.4) is 0 Å². The Labute approximate surface area is 116 Å². The van der Waals surface area contributed by atoms with Gasteiger partial charge in [-0.3, -0.25) is 10.9 Å². The molecule has 0 aliphatic carbocycles. The number of hydrogen-bond donors (Lipinski definition) is 1. The van der Waals surface area contributed by atoms with E-state index in [1.807, 2.05) is 7.05 Å². The van der Waals surface area contributed by atoms with Crippen molar-refractivity contribution in [3.63, 3.8) is 0 Å². The van der Waals surface area contributed by atoms with E-state index in [9.17, 15) is 4.79 Å². The van der Waals surface area contributed by atoms with Gasteiger partial charge in [-0.25, -0.2) is 4.79 Å². The van der Waals surface area contributed by atoms with Gasteiger partial charge in [-0.05, 0) is 42.9 Å². The first-order chi connectivity index (χ1) is 8.22. The maximum Gasteiger partial charge on any atom is 0.409 e. The quantitative estimate of drug-likeness (QED) is 0.570. The van der Waals surface area contributed by atoms with Crippen LogP contribution >= 0.6 is 10.9 Å². The molecule has 0 spiro atoms. The van der Waals surface area contributed by atoms with Crippen LogP contribution in [-0.4, -0.2) is 49.5 Å². The summed E-state index contributed by atoms with van der Waals surface area (Å²) in [6.07, 6.45) is 7.46. The molecule has 0 fully saturated rings. The molecule has 0 aromatic heterocycles. The second kappa shape index (κ2) is 8.68. The molecule has 0 aliphatic rings. The van der Waals surface area contributed by atoms with Crippen molar-refractivity contribution in [2.75, 3.05) is 38.5 Å². The molecule has 0 aromatic rings. The van der Waals surface area contributed by atoms with Crippen molar-refractivity contribution in [2.24, 2.45) is 5.41 Å². The average Bonchev–Trinajstić information content (AvgIpc) is 2.21. The van der Waals surface area contributed by atoms with Crippen molar-refractivity contribution in [1.29, 1.82) is 0 Å². The van der Waals surface area contributed by atoms with Gasteiger partial charge in [0.15, 0.2) is 0 Å². The Morgan fingerprint density at radius 3 is 2.33 bits per heavy atom. The van der Waals surface area contributed by atoms with E-state index in [-0.39, 0.29) is 17.0 Å². The van der Waals surface area contributed by atoms with E-state index >= 15 is 0 Å². The van der Waals surface area contributed by atoms with Crippen molar-refractivity contribution in [3.8, 4) is 0 Å². The molecule has 0 aromatic carbocycles. The van der Waals surface area contributed by atoms with Gasteiger partial charge in [-0.2, -0.15) is 0 Å². The van der Waals surface area contributed by atoms with Crippen molar-refractivity contribution >= 4 is 17.0 Å². The third-order valence-corrected chi connectivity index (χ3v) is 3.92. The molecule has 1 amide bonds. The highest BCUT2D eigenvalue weighted by molar-refractivity contribution is 8.15. The Hall–Kier alpha value is -0.380. The minimum absolute atomic E-state index is 0.126. The lowest BCUT2D eigenvalue weighted by atomic mass is 9.90. The Morgan fingerprint density at radius 1 is 1.22 bits per heavy atom. The average molecular weight is 277 g/mol. The first-order valence-electron chi connectivity index (χ1n) is 6.75. The molecule has 0 aliphatic heterocycles. The normalized spacial score (nSPS) is 12.2. The predicted octanol–water partition coefficient (Wildman–Crippen LogP) is 3.53. The first-order valence-corrected chi connectivity index (χ1v) is 9.17. The van der Waals surface area contributed by atoms with Gasteiger partial charge in [-0.15, -0.1) is 0 Å². The molecule has 0 saturated carbocycles. The van der Waals surface area contributed by atoms with E-state index in [0.717, 1.165) is 25.8 Å². The monoisotopic (exact) mass is 277 g/mol. The smallest absolute Gasteiger partial charge is 0.409 e. The fraction of sp³-hybridized carbons (Fsp3) is 0.929. The van der Waals surface area contributed by atoms with Gasteiger partial charge in [0.1, 0.15) is 0 Å². The van der Waals surface area contributed by atoms with E-state index in [4.69, 9.17) is 4.74 Å². The lowest BCUT2D eigenvalue weighted by molar-refractivity contribution is 0.110. The zero-order valence-electron chi connectivity index (χ0n) is 13.0. The largest absolute Gasteiger partial charge is 0.449 e. The Balaban J connectivity index is 3.64. The zero-order chi connectivity index (χ0) is 14.2. The minimum Gasteiger partial charge on any atom is -0.449 e. The molecule has 0 unspecified atom stereocenters. The molecule has 110 valence electrons. The van der Waals surface area contributed by atoms with Crippen LogP contribution in [0.1, 0.15) is 40.0 Å². The topological polar surface area (TPSA) is 29.5 Å². The lowest BCUT2D eigenvalue weighted by Gasteiger charge is -2.21. The highest BCUT2D eigenvalue weighted by Gasteiger charge is 2.13. The van der Waals surface area contributed by atoms with Crippen LogP contribution in [0.5, 0.6) is 0 Å². The molecule has 0 heterocycles. The SMILES string of the molecule is CN(CCCC(C)(C)C)C(=O)OCCC[SH](C)C. The number of hydrogen-bond acceptors (Lipinski definition) is 2. The summed E-state index contributed by atoms with van der Waals surface area (Å²) in [4.78, 5) is 13.3. The molecule has 0 saturated heterocycles. The summed E-state index contributed by atoms with van der Waals surface area (Å²) in [5, 5.41) is 0. The second-order valence-electron chi connectivity index (χ2n) is 6.36. The van der Waals surface area contributed by atoms with Crippen LogP contribution in [0.4, 0.5) is 4.79 Å². The molecule has 0 N–H and O–H groups in total. The summed E-state index contributed by atoms with van der Waals surface area (Å²) in [6, 6.07) is 0. The van der Waals surface area contributed by atoms with Crippen molar-refractivity contribution in [3.05, 3.63) is 0 Å². The van der Waals surface area contributed by atoms with Gasteiger partial charge in [0, 0.05) is 13.6 Å². The predicted molar refractivity (Wildman–Crippen MR) is 83.0 cm³/mol. The number of rotatable bonds is 7. The molecule has 3 nitrogen and oxygen atoms in total. The third-order valence-electron chi connectivity index (χ3n) is 2.71. The first kappa shape index (κ1) is 17.6. The van der Waals surface area contributed by atoms with Gasteiger partial charge in [0.25, 0.3) is 0 Å². The van der Waals surface area contributed by atoms with Crippen LogP contribution in [0.2, 0.25) is 0 Å². The number of thiol groups is 1. The van der Waals surface area contributed by atoms with E-state index in [2.05, 4.69) is 33.3 Å². The molecule has 0 rings (SSSR count). The number of nitrogens with zero attached hydrogens (tertiary/aromatic N) is 1. The summed E-state index contributed by atoms with van der Waals surface area (Å²) in [7, 11) is 1.94. The molecule has 0 bridgehead atoms. The zero-order valence-corrected chi connectivity index (χ0v) is 13.8. The van der Waals surface area contributed by atoms with Crippen LogP contribution in [0.25, 0.3) is 0 Å². The summed E-state index contributed by atoms with van der Waals surface area (Å²) in [5.41, 5.74) is 0.337. The van der Waals surface area contributed by atoms with E-state index in [1.54, 1.807) is 4.90 Å². The molecule has 0 atom stereocenters. The fourth-order valence-corrected chi connectivity index (χ4v) is 2.35. The highest BCUT2D eigenvalue weighted by Crippen LogP contribution is 2.20. The standard InChI is InChI=1S/C14H31NO2S/c1-14(2,3)9-7-10-15(4)13(16)17-11-8-12-18(5)6/h18H,7-12H2,1-6H3. The van der Waals surface area contributed by atoms with Crippen LogP contribution in [-0.2, 0) is 4.74 Å². The lowest BCUT2D eigenvalue weighted by Crippen LogP contribution is -2.29. The van der Waals surface area contributed by atoms with Gasteiger partial charge >= 0.3 is 6.09 Å². The number of carbonyl (C=O) groups excluding carboxylic acids is 1. The fourth-order valence-electron chi connectivity index (χ4n) is 1.59. The minimum atomic E-state index is -0.180. The van der Waals surface area contributed by atoms with E-state index in [1.165, 1.54) is 5.75 Å². The Kier molecular flexibility index (Phi) is 8.49. The molecule has 0 radical (unpaired) electrons. The van der Waals surface area contributed by atoms with Gasteiger partial charge < -0.3 is 9.64 Å². The van der Waals surface area contributed by atoms with Gasteiger partial charge in [0.2, 0.25) is 0 Å². The van der Waals surface area contributed by atoms with Crippen molar-refractivity contribution in [2.45, 2.75) is 40.0 Å². The van der Waals surface area contributed by atoms with Crippen molar-refractivity contribution < 1.29 is 9.53 Å². The molecule has 4 heteroatoms. The maximum atomic E-state index is 11.7. The summed E-state index contributed by atoms with van der Waals surface area (Å²) in [6.45, 7) is 8.00. The molecule has 18 heavy (non-hydrogen) atoms. The Bertz CT molecular complexity index is 236. The number of carbonyl (C=O) groups is 1. The van der Waals surface area contributed by atoms with Gasteiger partial charge in [-0.1, -0.05) is 20.8 Å². The van der Waals surface area contributed by atoms with Crippen LogP contribution < -0.4 is 0 Å².